The zero-order valence-electron chi connectivity index (χ0n) is 9.58. The van der Waals surface area contributed by atoms with Crippen LogP contribution in [0.1, 0.15) is 18.5 Å². The van der Waals surface area contributed by atoms with Gasteiger partial charge in [0.25, 0.3) is 5.91 Å². The number of amides is 1. The molecule has 1 amide bonds. The molecular weight excluding hydrogens is 214 g/mol. The van der Waals surface area contributed by atoms with Crippen LogP contribution in [0.3, 0.4) is 0 Å². The van der Waals surface area contributed by atoms with Gasteiger partial charge in [0.2, 0.25) is 0 Å². The maximum absolute atomic E-state index is 12.4. The second-order valence-corrected chi connectivity index (χ2v) is 4.03. The molecule has 1 aliphatic rings. The molecule has 0 spiro atoms. The van der Waals surface area contributed by atoms with Crippen molar-refractivity contribution in [3.63, 3.8) is 0 Å². The molecule has 0 aromatic carbocycles. The van der Waals surface area contributed by atoms with Crippen molar-refractivity contribution in [3.05, 3.63) is 48.4 Å². The van der Waals surface area contributed by atoms with Gasteiger partial charge in [0.15, 0.2) is 0 Å². The first kappa shape index (κ1) is 10.1. The van der Waals surface area contributed by atoms with Crippen LogP contribution in [0.4, 0.5) is 5.82 Å². The molecule has 1 atom stereocenters. The minimum atomic E-state index is -0.256. The molecule has 0 saturated carbocycles. The molecule has 17 heavy (non-hydrogen) atoms. The third-order valence-electron chi connectivity index (χ3n) is 3.11. The number of hydrogen-bond acceptors (Lipinski definition) is 2. The number of fused-ring (bicyclic) bond motifs is 1. The quantitative estimate of drug-likeness (QED) is 0.785. The van der Waals surface area contributed by atoms with E-state index in [4.69, 9.17) is 0 Å². The fourth-order valence-electron chi connectivity index (χ4n) is 2.35. The van der Waals surface area contributed by atoms with Gasteiger partial charge in [0.05, 0.1) is 0 Å². The molecule has 3 heterocycles. The van der Waals surface area contributed by atoms with Crippen molar-refractivity contribution in [3.8, 4) is 0 Å². The Kier molecular flexibility index (Phi) is 2.21. The molecule has 0 bridgehead atoms. The zero-order valence-corrected chi connectivity index (χ0v) is 9.58. The molecule has 3 rings (SSSR count). The Balaban J connectivity index is 2.15. The lowest BCUT2D eigenvalue weighted by Gasteiger charge is -2.14. The van der Waals surface area contributed by atoms with Gasteiger partial charge in [-0.3, -0.25) is 9.69 Å². The van der Waals surface area contributed by atoms with Crippen LogP contribution in [-0.2, 0) is 4.79 Å². The molecule has 0 saturated heterocycles. The summed E-state index contributed by atoms with van der Waals surface area (Å²) < 4.78 is 1.93. The van der Waals surface area contributed by atoms with E-state index in [1.807, 2.05) is 48.1 Å². The Morgan fingerprint density at radius 1 is 1.29 bits per heavy atom. The Morgan fingerprint density at radius 2 is 2.06 bits per heavy atom. The van der Waals surface area contributed by atoms with E-state index >= 15 is 0 Å². The van der Waals surface area contributed by atoms with Gasteiger partial charge < -0.3 is 4.57 Å². The molecule has 0 aliphatic carbocycles. The molecule has 1 aliphatic heterocycles. The van der Waals surface area contributed by atoms with E-state index in [1.165, 1.54) is 0 Å². The predicted octanol–water partition coefficient (Wildman–Crippen LogP) is 1.84. The van der Waals surface area contributed by atoms with E-state index in [2.05, 4.69) is 4.98 Å². The van der Waals surface area contributed by atoms with Gasteiger partial charge in [0.1, 0.15) is 11.9 Å². The average molecular weight is 227 g/mol. The maximum Gasteiger partial charge on any atom is 0.255 e. The van der Waals surface area contributed by atoms with Crippen molar-refractivity contribution in [2.45, 2.75) is 13.0 Å². The first-order valence-corrected chi connectivity index (χ1v) is 5.71. The number of rotatable bonds is 2. The van der Waals surface area contributed by atoms with Crippen LogP contribution in [-0.4, -0.2) is 22.0 Å². The summed E-state index contributed by atoms with van der Waals surface area (Å²) in [5.74, 6) is 0.885. The number of anilines is 1. The molecule has 1 unspecified atom stereocenters. The summed E-state index contributed by atoms with van der Waals surface area (Å²) in [4.78, 5) is 18.4. The minimum absolute atomic E-state index is 0.0948. The van der Waals surface area contributed by atoms with Gasteiger partial charge in [-0.05, 0) is 25.1 Å². The molecule has 0 fully saturated rings. The molecule has 4 heteroatoms. The lowest BCUT2D eigenvalue weighted by Crippen LogP contribution is -2.30. The third-order valence-corrected chi connectivity index (χ3v) is 3.11. The Hall–Kier alpha value is -2.10. The number of pyridine rings is 1. The lowest BCUT2D eigenvalue weighted by molar-refractivity contribution is -0.119. The highest BCUT2D eigenvalue weighted by atomic mass is 16.2. The van der Waals surface area contributed by atoms with Crippen molar-refractivity contribution < 1.29 is 4.79 Å². The van der Waals surface area contributed by atoms with Gasteiger partial charge in [-0.15, -0.1) is 0 Å². The topological polar surface area (TPSA) is 38.1 Å². The fraction of sp³-hybridized carbons (Fsp3) is 0.231. The van der Waals surface area contributed by atoms with E-state index in [-0.39, 0.29) is 11.9 Å². The fourth-order valence-corrected chi connectivity index (χ4v) is 2.35. The highest BCUT2D eigenvalue weighted by Gasteiger charge is 2.37. The molecule has 2 aromatic rings. The summed E-state index contributed by atoms with van der Waals surface area (Å²) in [5.41, 5.74) is 0.982. The van der Waals surface area contributed by atoms with Crippen LogP contribution in [0.25, 0.3) is 0 Å². The van der Waals surface area contributed by atoms with E-state index in [0.29, 0.717) is 6.54 Å². The maximum atomic E-state index is 12.4. The molecule has 0 N–H and O–H groups in total. The first-order valence-electron chi connectivity index (χ1n) is 5.71. The lowest BCUT2D eigenvalue weighted by atomic mass is 10.1. The third kappa shape index (κ3) is 1.37. The summed E-state index contributed by atoms with van der Waals surface area (Å²) >= 11 is 0. The van der Waals surface area contributed by atoms with Crippen molar-refractivity contribution in [1.29, 1.82) is 0 Å². The smallest absolute Gasteiger partial charge is 0.255 e. The minimum Gasteiger partial charge on any atom is -0.338 e. The number of carbonyl (C=O) groups is 1. The second kappa shape index (κ2) is 3.73. The monoisotopic (exact) mass is 227 g/mol. The summed E-state index contributed by atoms with van der Waals surface area (Å²) in [6.45, 7) is 2.62. The second-order valence-electron chi connectivity index (χ2n) is 4.03. The predicted molar refractivity (Wildman–Crippen MR) is 64.8 cm³/mol. The SMILES string of the molecule is CCN1C(=O)C(n2cccc2)c2cccnc21. The van der Waals surface area contributed by atoms with Gasteiger partial charge in [-0.1, -0.05) is 6.07 Å². The van der Waals surface area contributed by atoms with E-state index in [0.717, 1.165) is 11.4 Å². The average Bonchev–Trinajstić information content (AvgIpc) is 2.93. The molecule has 2 aromatic heterocycles. The first-order chi connectivity index (χ1) is 8.33. The summed E-state index contributed by atoms with van der Waals surface area (Å²) in [6.07, 6.45) is 5.56. The number of likely N-dealkylation sites (N-methyl/N-ethyl adjacent to an activating group) is 1. The van der Waals surface area contributed by atoms with Crippen molar-refractivity contribution >= 4 is 11.7 Å². The van der Waals surface area contributed by atoms with Crippen LogP contribution < -0.4 is 4.90 Å². The van der Waals surface area contributed by atoms with E-state index < -0.39 is 0 Å². The molecule has 4 nitrogen and oxygen atoms in total. The Labute approximate surface area is 99.5 Å². The zero-order chi connectivity index (χ0) is 11.8. The van der Waals surface area contributed by atoms with Gasteiger partial charge >= 0.3 is 0 Å². The van der Waals surface area contributed by atoms with Crippen LogP contribution in [0.5, 0.6) is 0 Å². The highest BCUT2D eigenvalue weighted by Crippen LogP contribution is 2.35. The van der Waals surface area contributed by atoms with Gasteiger partial charge in [0, 0.05) is 30.7 Å². The molecular formula is C13H13N3O. The van der Waals surface area contributed by atoms with E-state index in [1.54, 1.807) is 11.1 Å². The van der Waals surface area contributed by atoms with Gasteiger partial charge in [-0.2, -0.15) is 0 Å². The summed E-state index contributed by atoms with van der Waals surface area (Å²) in [7, 11) is 0. The summed E-state index contributed by atoms with van der Waals surface area (Å²) in [5, 5.41) is 0. The van der Waals surface area contributed by atoms with Crippen LogP contribution in [0, 0.1) is 0 Å². The number of nitrogens with zero attached hydrogens (tertiary/aromatic N) is 3. The number of hydrogen-bond donors (Lipinski definition) is 0. The van der Waals surface area contributed by atoms with Crippen LogP contribution in [0.2, 0.25) is 0 Å². The van der Waals surface area contributed by atoms with Crippen LogP contribution >= 0.6 is 0 Å². The van der Waals surface area contributed by atoms with Gasteiger partial charge in [-0.25, -0.2) is 4.98 Å². The Bertz CT molecular complexity index is 548. The van der Waals surface area contributed by atoms with Crippen molar-refractivity contribution in [2.75, 3.05) is 11.4 Å². The standard InChI is InChI=1S/C13H13N3O/c1-2-16-12-10(6-5-7-14-12)11(13(16)17)15-8-3-4-9-15/h3-9,11H,2H2,1H3. The number of carbonyl (C=O) groups excluding carboxylic acids is 1. The molecule has 0 radical (unpaired) electrons. The van der Waals surface area contributed by atoms with Crippen molar-refractivity contribution in [1.82, 2.24) is 9.55 Å². The normalized spacial score (nSPS) is 18.5. The Morgan fingerprint density at radius 3 is 2.76 bits per heavy atom. The highest BCUT2D eigenvalue weighted by molar-refractivity contribution is 6.03. The number of aromatic nitrogens is 2. The summed E-state index contributed by atoms with van der Waals surface area (Å²) in [6, 6.07) is 7.45. The largest absolute Gasteiger partial charge is 0.338 e. The molecule has 86 valence electrons. The van der Waals surface area contributed by atoms with E-state index in [9.17, 15) is 4.79 Å². The van der Waals surface area contributed by atoms with Crippen LogP contribution in [0.15, 0.2) is 42.9 Å². The van der Waals surface area contributed by atoms with Crippen molar-refractivity contribution in [2.24, 2.45) is 0 Å².